The van der Waals surface area contributed by atoms with Crippen molar-refractivity contribution >= 4 is 27.5 Å². The number of carbonyl (C=O) groups is 1. The molecule has 1 aromatic carbocycles. The Morgan fingerprint density at radius 3 is 2.75 bits per heavy atom. The summed E-state index contributed by atoms with van der Waals surface area (Å²) in [5.41, 5.74) is 1.74. The number of likely N-dealkylation sites (N-methyl/N-ethyl adjacent to an activating group) is 1. The zero-order valence-corrected chi connectivity index (χ0v) is 19.8. The molecule has 2 aromatic heterocycles. The topological polar surface area (TPSA) is 67.7 Å². The number of ether oxygens (including phenoxy) is 1. The number of hydrogen-bond acceptors (Lipinski definition) is 6. The molecule has 170 valence electrons. The minimum absolute atomic E-state index is 0.00423. The van der Waals surface area contributed by atoms with E-state index in [0.717, 1.165) is 45.8 Å². The van der Waals surface area contributed by atoms with Gasteiger partial charge in [-0.25, -0.2) is 4.98 Å². The number of thiophene rings is 1. The van der Waals surface area contributed by atoms with Crippen molar-refractivity contribution in [2.24, 2.45) is 0 Å². The Labute approximate surface area is 192 Å². The highest BCUT2D eigenvalue weighted by Gasteiger charge is 2.27. The van der Waals surface area contributed by atoms with E-state index in [2.05, 4.69) is 11.9 Å². The maximum absolute atomic E-state index is 13.1. The monoisotopic (exact) mass is 454 g/mol. The highest BCUT2D eigenvalue weighted by molar-refractivity contribution is 7.18. The van der Waals surface area contributed by atoms with E-state index in [0.29, 0.717) is 38.2 Å². The zero-order valence-electron chi connectivity index (χ0n) is 19.0. The van der Waals surface area contributed by atoms with E-state index in [1.807, 2.05) is 48.2 Å². The van der Waals surface area contributed by atoms with Gasteiger partial charge in [0.25, 0.3) is 11.5 Å². The molecule has 0 N–H and O–H groups in total. The summed E-state index contributed by atoms with van der Waals surface area (Å²) in [4.78, 5) is 36.4. The fraction of sp³-hybridized carbons (Fsp3) is 0.458. The third-order valence-corrected chi connectivity index (χ3v) is 6.90. The van der Waals surface area contributed by atoms with Gasteiger partial charge in [-0.3, -0.25) is 14.2 Å². The summed E-state index contributed by atoms with van der Waals surface area (Å²) in [7, 11) is 3.98. The molecule has 8 heteroatoms. The summed E-state index contributed by atoms with van der Waals surface area (Å²) < 4.78 is 7.39. The van der Waals surface area contributed by atoms with Crippen molar-refractivity contribution < 1.29 is 9.53 Å². The summed E-state index contributed by atoms with van der Waals surface area (Å²) >= 11 is 1.53. The Morgan fingerprint density at radius 2 is 2.03 bits per heavy atom. The molecule has 0 bridgehead atoms. The smallest absolute Gasteiger partial charge is 0.262 e. The number of rotatable bonds is 8. The number of carbonyl (C=O) groups excluding carboxylic acids is 1. The second-order valence-electron chi connectivity index (χ2n) is 8.43. The SMILES string of the molecule is CCCCOc1ccc(C(=O)N2CCc3c(sc4ncn(CCN(C)C)c(=O)c34)C2)cc1. The van der Waals surface area contributed by atoms with Gasteiger partial charge in [-0.2, -0.15) is 0 Å². The first-order valence-corrected chi connectivity index (χ1v) is 12.0. The van der Waals surface area contributed by atoms with Gasteiger partial charge in [-0.15, -0.1) is 11.3 Å². The van der Waals surface area contributed by atoms with Crippen LogP contribution in [0.3, 0.4) is 0 Å². The van der Waals surface area contributed by atoms with Crippen LogP contribution >= 0.6 is 11.3 Å². The first-order valence-electron chi connectivity index (χ1n) is 11.1. The van der Waals surface area contributed by atoms with E-state index in [1.165, 1.54) is 11.3 Å². The summed E-state index contributed by atoms with van der Waals surface area (Å²) in [5, 5.41) is 0.729. The van der Waals surface area contributed by atoms with Crippen LogP contribution in [0.4, 0.5) is 0 Å². The van der Waals surface area contributed by atoms with Crippen LogP contribution in [0.2, 0.25) is 0 Å². The average molecular weight is 455 g/mol. The largest absolute Gasteiger partial charge is 0.494 e. The highest BCUT2D eigenvalue weighted by atomic mass is 32.1. The van der Waals surface area contributed by atoms with Gasteiger partial charge in [0.15, 0.2) is 0 Å². The molecule has 0 saturated heterocycles. The molecule has 0 saturated carbocycles. The Bertz CT molecular complexity index is 1150. The van der Waals surface area contributed by atoms with Crippen molar-refractivity contribution in [2.45, 2.75) is 39.3 Å². The standard InChI is InChI=1S/C24H30N4O3S/c1-4-5-14-31-18-8-6-17(7-9-18)23(29)27-11-10-19-20(15-27)32-22-21(19)24(30)28(16-25-22)13-12-26(2)3/h6-9,16H,4-5,10-15H2,1-3H3. The van der Waals surface area contributed by atoms with E-state index in [-0.39, 0.29) is 11.5 Å². The third kappa shape index (κ3) is 4.71. The van der Waals surface area contributed by atoms with Gasteiger partial charge in [0, 0.05) is 30.1 Å². The molecule has 0 spiro atoms. The first kappa shape index (κ1) is 22.5. The molecule has 0 aliphatic carbocycles. The Morgan fingerprint density at radius 1 is 1.25 bits per heavy atom. The van der Waals surface area contributed by atoms with Gasteiger partial charge < -0.3 is 14.5 Å². The van der Waals surface area contributed by atoms with Gasteiger partial charge in [-0.05, 0) is 56.8 Å². The minimum Gasteiger partial charge on any atom is -0.494 e. The lowest BCUT2D eigenvalue weighted by Crippen LogP contribution is -2.35. The van der Waals surface area contributed by atoms with Gasteiger partial charge >= 0.3 is 0 Å². The molecule has 0 fully saturated rings. The number of fused-ring (bicyclic) bond motifs is 3. The summed E-state index contributed by atoms with van der Waals surface area (Å²) in [6.45, 7) is 5.32. The molecule has 4 rings (SSSR count). The zero-order chi connectivity index (χ0) is 22.7. The molecular weight excluding hydrogens is 424 g/mol. The fourth-order valence-electron chi connectivity index (χ4n) is 3.87. The second kappa shape index (κ2) is 9.83. The lowest BCUT2D eigenvalue weighted by atomic mass is 10.0. The quantitative estimate of drug-likeness (QED) is 0.488. The van der Waals surface area contributed by atoms with E-state index in [4.69, 9.17) is 4.74 Å². The molecule has 1 amide bonds. The second-order valence-corrected chi connectivity index (χ2v) is 9.52. The molecule has 3 aromatic rings. The third-order valence-electron chi connectivity index (χ3n) is 5.77. The average Bonchev–Trinajstić information content (AvgIpc) is 3.17. The lowest BCUT2D eigenvalue weighted by Gasteiger charge is -2.27. The number of amides is 1. The van der Waals surface area contributed by atoms with Gasteiger partial charge in [0.2, 0.25) is 0 Å². The van der Waals surface area contributed by atoms with Gasteiger partial charge in [-0.1, -0.05) is 13.3 Å². The van der Waals surface area contributed by atoms with Crippen molar-refractivity contribution in [2.75, 3.05) is 33.8 Å². The first-order chi connectivity index (χ1) is 15.5. The van der Waals surface area contributed by atoms with Crippen molar-refractivity contribution in [1.29, 1.82) is 0 Å². The van der Waals surface area contributed by atoms with Crippen molar-refractivity contribution in [1.82, 2.24) is 19.4 Å². The van der Waals surface area contributed by atoms with Crippen LogP contribution in [0.15, 0.2) is 35.4 Å². The van der Waals surface area contributed by atoms with Crippen LogP contribution in [0, 0.1) is 0 Å². The van der Waals surface area contributed by atoms with Crippen LogP contribution in [0.5, 0.6) is 5.75 Å². The van der Waals surface area contributed by atoms with Crippen molar-refractivity contribution in [3.8, 4) is 5.75 Å². The molecular formula is C24H30N4O3S. The van der Waals surface area contributed by atoms with E-state index < -0.39 is 0 Å². The van der Waals surface area contributed by atoms with Crippen LogP contribution in [0.25, 0.3) is 10.2 Å². The maximum Gasteiger partial charge on any atom is 0.262 e. The fourth-order valence-corrected chi connectivity index (χ4v) is 5.06. The molecule has 0 radical (unpaired) electrons. The molecule has 0 unspecified atom stereocenters. The van der Waals surface area contributed by atoms with Crippen molar-refractivity contribution in [3.63, 3.8) is 0 Å². The Kier molecular flexibility index (Phi) is 6.91. The Hall–Kier alpha value is -2.71. The van der Waals surface area contributed by atoms with Crippen LogP contribution in [-0.4, -0.2) is 59.0 Å². The molecule has 1 aliphatic heterocycles. The molecule has 32 heavy (non-hydrogen) atoms. The van der Waals surface area contributed by atoms with Crippen LogP contribution < -0.4 is 10.3 Å². The number of benzene rings is 1. The normalized spacial score (nSPS) is 13.6. The summed E-state index contributed by atoms with van der Waals surface area (Å²) in [5.74, 6) is 0.793. The van der Waals surface area contributed by atoms with Crippen LogP contribution in [-0.2, 0) is 19.5 Å². The lowest BCUT2D eigenvalue weighted by molar-refractivity contribution is 0.0737. The Balaban J connectivity index is 1.50. The number of unbranched alkanes of at least 4 members (excludes halogenated alkanes) is 1. The van der Waals surface area contributed by atoms with Gasteiger partial charge in [0.05, 0.1) is 24.9 Å². The van der Waals surface area contributed by atoms with Crippen LogP contribution in [0.1, 0.15) is 40.6 Å². The highest BCUT2D eigenvalue weighted by Crippen LogP contribution is 2.32. The minimum atomic E-state index is 0.00423. The van der Waals surface area contributed by atoms with E-state index >= 15 is 0 Å². The van der Waals surface area contributed by atoms with Gasteiger partial charge in [0.1, 0.15) is 10.6 Å². The predicted molar refractivity (Wildman–Crippen MR) is 128 cm³/mol. The molecule has 3 heterocycles. The molecule has 0 atom stereocenters. The number of nitrogens with zero attached hydrogens (tertiary/aromatic N) is 4. The van der Waals surface area contributed by atoms with Crippen molar-refractivity contribution in [3.05, 3.63) is 57.0 Å². The van der Waals surface area contributed by atoms with E-state index in [1.54, 1.807) is 10.9 Å². The maximum atomic E-state index is 13.1. The predicted octanol–water partition coefficient (Wildman–Crippen LogP) is 3.40. The number of hydrogen-bond donors (Lipinski definition) is 0. The van der Waals surface area contributed by atoms with E-state index in [9.17, 15) is 9.59 Å². The summed E-state index contributed by atoms with van der Waals surface area (Å²) in [6.07, 6.45) is 4.42. The summed E-state index contributed by atoms with van der Waals surface area (Å²) in [6, 6.07) is 7.37. The molecule has 7 nitrogen and oxygen atoms in total. The number of aromatic nitrogens is 2. The molecule has 1 aliphatic rings.